The van der Waals surface area contributed by atoms with E-state index in [2.05, 4.69) is 55.8 Å². The van der Waals surface area contributed by atoms with Gasteiger partial charge in [-0.25, -0.2) is 4.98 Å². The van der Waals surface area contributed by atoms with Gasteiger partial charge in [0.05, 0.1) is 29.6 Å². The molecule has 0 bridgehead atoms. The van der Waals surface area contributed by atoms with Gasteiger partial charge in [-0.05, 0) is 41.0 Å². The highest BCUT2D eigenvalue weighted by Crippen LogP contribution is 2.33. The number of hydrogen-bond donors (Lipinski definition) is 1. The van der Waals surface area contributed by atoms with Gasteiger partial charge in [-0.3, -0.25) is 9.58 Å². The molecule has 24 heavy (non-hydrogen) atoms. The van der Waals surface area contributed by atoms with Crippen LogP contribution in [0.15, 0.2) is 12.4 Å². The molecule has 0 amide bonds. The van der Waals surface area contributed by atoms with E-state index in [9.17, 15) is 0 Å². The third-order valence-electron chi connectivity index (χ3n) is 4.87. The maximum Gasteiger partial charge on any atom is 0.124 e. The van der Waals surface area contributed by atoms with Crippen molar-refractivity contribution in [3.05, 3.63) is 35.2 Å². The Labute approximate surface area is 144 Å². The Kier molecular flexibility index (Phi) is 4.53. The number of aromatic nitrogens is 4. The molecule has 2 aromatic rings. The summed E-state index contributed by atoms with van der Waals surface area (Å²) in [7, 11) is 1.79. The van der Waals surface area contributed by atoms with Gasteiger partial charge in [-0.15, -0.1) is 0 Å². The second kappa shape index (κ2) is 6.33. The van der Waals surface area contributed by atoms with Crippen LogP contribution in [0.4, 0.5) is 0 Å². The lowest BCUT2D eigenvalue weighted by molar-refractivity contribution is 0.107. The molecular weight excluding hydrogens is 302 g/mol. The molecule has 0 unspecified atom stereocenters. The van der Waals surface area contributed by atoms with Gasteiger partial charge in [-0.2, -0.15) is 5.10 Å². The van der Waals surface area contributed by atoms with Gasteiger partial charge in [0, 0.05) is 37.7 Å². The van der Waals surface area contributed by atoms with Crippen molar-refractivity contribution in [2.75, 3.05) is 13.7 Å². The Morgan fingerprint density at radius 1 is 1.33 bits per heavy atom. The molecule has 1 saturated heterocycles. The summed E-state index contributed by atoms with van der Waals surface area (Å²) < 4.78 is 7.65. The van der Waals surface area contributed by atoms with Gasteiger partial charge < -0.3 is 9.72 Å². The zero-order valence-corrected chi connectivity index (χ0v) is 15.6. The molecule has 6 heteroatoms. The van der Waals surface area contributed by atoms with Crippen LogP contribution in [0.25, 0.3) is 0 Å². The largest absolute Gasteiger partial charge is 0.380 e. The van der Waals surface area contributed by atoms with Gasteiger partial charge in [-0.1, -0.05) is 0 Å². The molecule has 1 N–H and O–H groups in total. The maximum atomic E-state index is 5.62. The fraction of sp³-hybridized carbons (Fsp3) is 0.667. The Bertz CT molecular complexity index is 677. The minimum absolute atomic E-state index is 0.00691. The Hall–Kier alpha value is -1.66. The number of H-pyrrole nitrogens is 1. The summed E-state index contributed by atoms with van der Waals surface area (Å²) in [5.41, 5.74) is 3.46. The number of methoxy groups -OCH3 is 1. The van der Waals surface area contributed by atoms with Gasteiger partial charge >= 0.3 is 0 Å². The second-order valence-electron chi connectivity index (χ2n) is 7.84. The SMILES string of the molecule is CO[C@@H]1C[C@@H](c2nc(C)c(C)[nH]2)N(Cc2cnn(C(C)(C)C)c2)C1. The molecule has 0 spiro atoms. The fourth-order valence-corrected chi connectivity index (χ4v) is 3.27. The van der Waals surface area contributed by atoms with Crippen molar-refractivity contribution in [2.45, 2.75) is 65.3 Å². The average Bonchev–Trinajstić information content (AvgIpc) is 3.19. The topological polar surface area (TPSA) is 59.0 Å². The van der Waals surface area contributed by atoms with Crippen molar-refractivity contribution in [2.24, 2.45) is 0 Å². The molecule has 0 saturated carbocycles. The van der Waals surface area contributed by atoms with E-state index in [1.165, 1.54) is 5.56 Å². The van der Waals surface area contributed by atoms with Crippen molar-refractivity contribution >= 4 is 0 Å². The molecule has 3 heterocycles. The lowest BCUT2D eigenvalue weighted by atomic mass is 10.1. The monoisotopic (exact) mass is 331 g/mol. The first-order valence-electron chi connectivity index (χ1n) is 8.62. The van der Waals surface area contributed by atoms with Crippen LogP contribution in [-0.4, -0.2) is 44.4 Å². The number of hydrogen-bond acceptors (Lipinski definition) is 4. The first-order chi connectivity index (χ1) is 11.3. The molecule has 1 aliphatic heterocycles. The van der Waals surface area contributed by atoms with E-state index in [1.54, 1.807) is 7.11 Å². The Morgan fingerprint density at radius 3 is 2.62 bits per heavy atom. The predicted molar refractivity (Wildman–Crippen MR) is 93.8 cm³/mol. The molecule has 132 valence electrons. The molecule has 0 radical (unpaired) electrons. The van der Waals surface area contributed by atoms with Crippen LogP contribution in [0.5, 0.6) is 0 Å². The standard InChI is InChI=1S/C18H29N5O/c1-12-13(2)21-17(20-12)16-7-15(24-6)11-22(16)9-14-8-19-23(10-14)18(3,4)5/h8,10,15-16H,7,9,11H2,1-6H3,(H,20,21)/t15-,16+/m1/s1. The molecule has 2 atom stereocenters. The van der Waals surface area contributed by atoms with Crippen molar-refractivity contribution < 1.29 is 4.74 Å². The lowest BCUT2D eigenvalue weighted by Crippen LogP contribution is -2.25. The van der Waals surface area contributed by atoms with E-state index in [0.29, 0.717) is 0 Å². The third-order valence-corrected chi connectivity index (χ3v) is 4.87. The minimum atomic E-state index is 0.00691. The minimum Gasteiger partial charge on any atom is -0.380 e. The summed E-state index contributed by atoms with van der Waals surface area (Å²) in [6.45, 7) is 12.4. The van der Waals surface area contributed by atoms with Gasteiger partial charge in [0.25, 0.3) is 0 Å². The average molecular weight is 331 g/mol. The van der Waals surface area contributed by atoms with Gasteiger partial charge in [0.15, 0.2) is 0 Å². The van der Waals surface area contributed by atoms with E-state index in [-0.39, 0.29) is 17.7 Å². The number of aryl methyl sites for hydroxylation is 2. The van der Waals surface area contributed by atoms with Crippen molar-refractivity contribution in [1.29, 1.82) is 0 Å². The zero-order chi connectivity index (χ0) is 17.5. The molecule has 0 aromatic carbocycles. The molecule has 3 rings (SSSR count). The summed E-state index contributed by atoms with van der Waals surface area (Å²) in [6, 6.07) is 0.264. The first-order valence-corrected chi connectivity index (χ1v) is 8.62. The van der Waals surface area contributed by atoms with Crippen LogP contribution in [0.2, 0.25) is 0 Å². The summed E-state index contributed by atoms with van der Waals surface area (Å²) >= 11 is 0. The normalized spacial score (nSPS) is 22.4. The van der Waals surface area contributed by atoms with Gasteiger partial charge in [0.1, 0.15) is 5.82 Å². The molecule has 1 aliphatic rings. The van der Waals surface area contributed by atoms with E-state index >= 15 is 0 Å². The Morgan fingerprint density at radius 2 is 2.08 bits per heavy atom. The molecular formula is C18H29N5O. The number of aromatic amines is 1. The second-order valence-corrected chi connectivity index (χ2v) is 7.84. The highest BCUT2D eigenvalue weighted by molar-refractivity contribution is 5.15. The number of nitrogens with one attached hydrogen (secondary N) is 1. The Balaban J connectivity index is 1.80. The molecule has 6 nitrogen and oxygen atoms in total. The highest BCUT2D eigenvalue weighted by atomic mass is 16.5. The van der Waals surface area contributed by atoms with Crippen LogP contribution in [-0.2, 0) is 16.8 Å². The van der Waals surface area contributed by atoms with Crippen LogP contribution in [0.1, 0.15) is 56.0 Å². The van der Waals surface area contributed by atoms with Crippen LogP contribution < -0.4 is 0 Å². The summed E-state index contributed by atoms with van der Waals surface area (Å²) in [4.78, 5) is 10.6. The molecule has 2 aromatic heterocycles. The van der Waals surface area contributed by atoms with Crippen LogP contribution in [0, 0.1) is 13.8 Å². The number of nitrogens with zero attached hydrogens (tertiary/aromatic N) is 4. The van der Waals surface area contributed by atoms with Crippen LogP contribution >= 0.6 is 0 Å². The molecule has 0 aliphatic carbocycles. The smallest absolute Gasteiger partial charge is 0.124 e. The number of imidazole rings is 1. The van der Waals surface area contributed by atoms with E-state index < -0.39 is 0 Å². The maximum absolute atomic E-state index is 5.62. The van der Waals surface area contributed by atoms with E-state index in [0.717, 1.165) is 36.7 Å². The van der Waals surface area contributed by atoms with E-state index in [4.69, 9.17) is 9.72 Å². The summed E-state index contributed by atoms with van der Waals surface area (Å²) in [6.07, 6.45) is 5.34. The fourth-order valence-electron chi connectivity index (χ4n) is 3.27. The zero-order valence-electron chi connectivity index (χ0n) is 15.6. The quantitative estimate of drug-likeness (QED) is 0.936. The molecule has 1 fully saturated rings. The van der Waals surface area contributed by atoms with Crippen molar-refractivity contribution in [1.82, 2.24) is 24.6 Å². The predicted octanol–water partition coefficient (Wildman–Crippen LogP) is 2.94. The van der Waals surface area contributed by atoms with Crippen molar-refractivity contribution in [3.8, 4) is 0 Å². The van der Waals surface area contributed by atoms with Crippen molar-refractivity contribution in [3.63, 3.8) is 0 Å². The van der Waals surface area contributed by atoms with E-state index in [1.807, 2.05) is 10.9 Å². The lowest BCUT2D eigenvalue weighted by Gasteiger charge is -2.22. The number of ether oxygens (including phenoxy) is 1. The summed E-state index contributed by atoms with van der Waals surface area (Å²) in [5.74, 6) is 1.05. The third kappa shape index (κ3) is 3.39. The number of likely N-dealkylation sites (tertiary alicyclic amines) is 1. The highest BCUT2D eigenvalue weighted by Gasteiger charge is 2.35. The van der Waals surface area contributed by atoms with Gasteiger partial charge in [0.2, 0.25) is 0 Å². The number of rotatable bonds is 4. The first kappa shape index (κ1) is 17.2. The van der Waals surface area contributed by atoms with Crippen LogP contribution in [0.3, 0.4) is 0 Å². The summed E-state index contributed by atoms with van der Waals surface area (Å²) in [5, 5.41) is 4.52.